The van der Waals surface area contributed by atoms with E-state index < -0.39 is 43.1 Å². The summed E-state index contributed by atoms with van der Waals surface area (Å²) in [5.74, 6) is -4.98. The largest absolute Gasteiger partial charge is 0.481 e. The second-order valence-electron chi connectivity index (χ2n) is 6.17. The van der Waals surface area contributed by atoms with Crippen LogP contribution in [0.2, 0.25) is 0 Å². The molecule has 2 aromatic rings. The van der Waals surface area contributed by atoms with Crippen LogP contribution in [-0.2, 0) is 11.3 Å². The Bertz CT molecular complexity index is 822. The highest BCUT2D eigenvalue weighted by molar-refractivity contribution is 5.77. The molecule has 144 valence electrons. The predicted octanol–water partition coefficient (Wildman–Crippen LogP) is 2.75. The molecular weight excluding hydrogens is 367 g/mol. The molecular formula is C17H16F3N3O4. The van der Waals surface area contributed by atoms with Gasteiger partial charge in [0.2, 0.25) is 5.89 Å². The van der Waals surface area contributed by atoms with Gasteiger partial charge in [0.1, 0.15) is 6.26 Å². The number of benzene rings is 1. The molecule has 0 radical (unpaired) electrons. The van der Waals surface area contributed by atoms with Crippen LogP contribution in [-0.4, -0.2) is 46.3 Å². The Morgan fingerprint density at radius 3 is 2.56 bits per heavy atom. The van der Waals surface area contributed by atoms with E-state index in [0.717, 1.165) is 10.5 Å². The lowest BCUT2D eigenvalue weighted by Crippen LogP contribution is -2.39. The number of halogens is 3. The van der Waals surface area contributed by atoms with E-state index in [1.807, 2.05) is 18.2 Å². The van der Waals surface area contributed by atoms with Crippen LogP contribution in [0.4, 0.5) is 18.0 Å². The molecule has 10 heteroatoms. The minimum absolute atomic E-state index is 0.0555. The number of urea groups is 1. The van der Waals surface area contributed by atoms with E-state index in [9.17, 15) is 22.8 Å². The first-order chi connectivity index (χ1) is 12.8. The molecule has 1 fully saturated rings. The van der Waals surface area contributed by atoms with E-state index >= 15 is 0 Å². The number of amides is 2. The third-order valence-corrected chi connectivity index (χ3v) is 4.34. The molecule has 0 unspecified atom stereocenters. The van der Waals surface area contributed by atoms with E-state index in [-0.39, 0.29) is 6.54 Å². The highest BCUT2D eigenvalue weighted by Gasteiger charge is 2.53. The minimum Gasteiger partial charge on any atom is -0.481 e. The summed E-state index contributed by atoms with van der Waals surface area (Å²) in [5, 5.41) is 11.4. The van der Waals surface area contributed by atoms with Crippen molar-refractivity contribution in [2.45, 2.75) is 12.7 Å². The molecule has 7 nitrogen and oxygen atoms in total. The van der Waals surface area contributed by atoms with Crippen LogP contribution in [0, 0.1) is 11.8 Å². The van der Waals surface area contributed by atoms with Gasteiger partial charge in [-0.05, 0) is 12.1 Å². The van der Waals surface area contributed by atoms with Crippen molar-refractivity contribution in [2.24, 2.45) is 11.8 Å². The fourth-order valence-electron chi connectivity index (χ4n) is 2.93. The maximum absolute atomic E-state index is 13.0. The number of carbonyl (C=O) groups excluding carboxylic acids is 1. The van der Waals surface area contributed by atoms with Crippen molar-refractivity contribution in [3.8, 4) is 11.5 Å². The van der Waals surface area contributed by atoms with Crippen molar-refractivity contribution >= 4 is 12.0 Å². The molecule has 2 heterocycles. The Morgan fingerprint density at radius 2 is 1.96 bits per heavy atom. The Kier molecular flexibility index (Phi) is 5.06. The number of alkyl halides is 3. The lowest BCUT2D eigenvalue weighted by Gasteiger charge is -2.18. The molecule has 3 rings (SSSR count). The number of nitrogens with zero attached hydrogens (tertiary/aromatic N) is 2. The van der Waals surface area contributed by atoms with Crippen LogP contribution in [0.5, 0.6) is 0 Å². The maximum Gasteiger partial charge on any atom is 0.394 e. The third kappa shape index (κ3) is 4.21. The second kappa shape index (κ2) is 7.29. The molecule has 1 aromatic carbocycles. The van der Waals surface area contributed by atoms with Gasteiger partial charge in [-0.15, -0.1) is 0 Å². The summed E-state index contributed by atoms with van der Waals surface area (Å²) in [4.78, 5) is 28.3. The fourth-order valence-corrected chi connectivity index (χ4v) is 2.93. The summed E-state index contributed by atoms with van der Waals surface area (Å²) in [7, 11) is 0. The average Bonchev–Trinajstić information content (AvgIpc) is 3.27. The third-order valence-electron chi connectivity index (χ3n) is 4.34. The standard InChI is InChI=1S/C17H16F3N3O4/c18-17(19,20)13-8-23(7-12(13)15(24)25)16(26)21-6-11-9-27-14(22-11)10-4-2-1-3-5-10/h1-5,9,12-13H,6-8H2,(H,21,26)(H,24,25)/t12-,13-/m1/s1. The summed E-state index contributed by atoms with van der Waals surface area (Å²) in [6.07, 6.45) is -3.35. The first-order valence-corrected chi connectivity index (χ1v) is 8.08. The van der Waals surface area contributed by atoms with Gasteiger partial charge in [-0.1, -0.05) is 18.2 Å². The van der Waals surface area contributed by atoms with Crippen molar-refractivity contribution in [2.75, 3.05) is 13.1 Å². The van der Waals surface area contributed by atoms with Crippen LogP contribution < -0.4 is 5.32 Å². The smallest absolute Gasteiger partial charge is 0.394 e. The Hall–Kier alpha value is -3.04. The number of rotatable bonds is 4. The number of hydrogen-bond acceptors (Lipinski definition) is 4. The summed E-state index contributed by atoms with van der Waals surface area (Å²) < 4.78 is 44.3. The average molecular weight is 383 g/mol. The number of carbonyl (C=O) groups is 2. The maximum atomic E-state index is 13.0. The van der Waals surface area contributed by atoms with E-state index in [0.29, 0.717) is 11.6 Å². The van der Waals surface area contributed by atoms with Crippen molar-refractivity contribution in [3.05, 3.63) is 42.3 Å². The van der Waals surface area contributed by atoms with Gasteiger partial charge in [0.15, 0.2) is 0 Å². The molecule has 0 saturated carbocycles. The zero-order chi connectivity index (χ0) is 19.6. The first-order valence-electron chi connectivity index (χ1n) is 8.08. The number of carboxylic acid groups (broad SMARTS) is 1. The molecule has 1 aliphatic heterocycles. The SMILES string of the molecule is O=C(O)[C@@H]1CN(C(=O)NCc2coc(-c3ccccc3)n2)C[C@H]1C(F)(F)F. The van der Waals surface area contributed by atoms with Crippen LogP contribution >= 0.6 is 0 Å². The van der Waals surface area contributed by atoms with Crippen LogP contribution in [0.1, 0.15) is 5.69 Å². The Labute approximate surface area is 151 Å². The molecule has 0 bridgehead atoms. The topological polar surface area (TPSA) is 95.7 Å². The van der Waals surface area contributed by atoms with Gasteiger partial charge in [-0.2, -0.15) is 13.2 Å². The number of oxazole rings is 1. The van der Waals surface area contributed by atoms with Crippen molar-refractivity contribution < 1.29 is 32.3 Å². The van der Waals surface area contributed by atoms with Crippen LogP contribution in [0.25, 0.3) is 11.5 Å². The summed E-state index contributed by atoms with van der Waals surface area (Å²) in [6.45, 7) is -1.25. The quantitative estimate of drug-likeness (QED) is 0.847. The summed E-state index contributed by atoms with van der Waals surface area (Å²) >= 11 is 0. The molecule has 27 heavy (non-hydrogen) atoms. The van der Waals surface area contributed by atoms with Crippen molar-refractivity contribution in [3.63, 3.8) is 0 Å². The summed E-state index contributed by atoms with van der Waals surface area (Å²) in [6, 6.07) is 8.26. The van der Waals surface area contributed by atoms with E-state index in [4.69, 9.17) is 9.52 Å². The molecule has 0 aliphatic carbocycles. The Balaban J connectivity index is 1.60. The van der Waals surface area contributed by atoms with E-state index in [1.54, 1.807) is 12.1 Å². The number of hydrogen-bond donors (Lipinski definition) is 2. The van der Waals surface area contributed by atoms with Gasteiger partial charge < -0.3 is 19.7 Å². The van der Waals surface area contributed by atoms with E-state index in [1.165, 1.54) is 6.26 Å². The monoisotopic (exact) mass is 383 g/mol. The zero-order valence-corrected chi connectivity index (χ0v) is 13.9. The Morgan fingerprint density at radius 1 is 1.26 bits per heavy atom. The number of aromatic nitrogens is 1. The van der Waals surface area contributed by atoms with Crippen molar-refractivity contribution in [1.29, 1.82) is 0 Å². The number of nitrogens with one attached hydrogen (secondary N) is 1. The number of likely N-dealkylation sites (tertiary alicyclic amines) is 1. The van der Waals surface area contributed by atoms with Gasteiger partial charge in [-0.25, -0.2) is 9.78 Å². The number of aliphatic carboxylic acids is 1. The molecule has 1 saturated heterocycles. The molecule has 2 N–H and O–H groups in total. The first kappa shape index (κ1) is 18.7. The zero-order valence-electron chi connectivity index (χ0n) is 13.9. The van der Waals surface area contributed by atoms with Gasteiger partial charge in [-0.3, -0.25) is 4.79 Å². The van der Waals surface area contributed by atoms with Gasteiger partial charge >= 0.3 is 18.2 Å². The molecule has 1 aromatic heterocycles. The van der Waals surface area contributed by atoms with Gasteiger partial charge in [0.05, 0.1) is 24.1 Å². The highest BCUT2D eigenvalue weighted by atomic mass is 19.4. The van der Waals surface area contributed by atoms with Gasteiger partial charge in [0, 0.05) is 18.7 Å². The molecule has 0 spiro atoms. The molecule has 2 amide bonds. The lowest BCUT2D eigenvalue weighted by molar-refractivity contribution is -0.187. The summed E-state index contributed by atoms with van der Waals surface area (Å²) in [5.41, 5.74) is 1.13. The second-order valence-corrected chi connectivity index (χ2v) is 6.17. The lowest BCUT2D eigenvalue weighted by atomic mass is 9.96. The van der Waals surface area contributed by atoms with Crippen LogP contribution in [0.3, 0.4) is 0 Å². The fraction of sp³-hybridized carbons (Fsp3) is 0.353. The molecule has 1 aliphatic rings. The predicted molar refractivity (Wildman–Crippen MR) is 86.4 cm³/mol. The highest BCUT2D eigenvalue weighted by Crippen LogP contribution is 2.37. The van der Waals surface area contributed by atoms with Crippen molar-refractivity contribution in [1.82, 2.24) is 15.2 Å². The van der Waals surface area contributed by atoms with E-state index in [2.05, 4.69) is 10.3 Å². The minimum atomic E-state index is -4.69. The normalized spacial score (nSPS) is 19.9. The molecule has 2 atom stereocenters. The van der Waals surface area contributed by atoms with Gasteiger partial charge in [0.25, 0.3) is 0 Å². The number of carboxylic acids is 1. The van der Waals surface area contributed by atoms with Crippen LogP contribution in [0.15, 0.2) is 41.0 Å².